The van der Waals surface area contributed by atoms with Gasteiger partial charge in [-0.05, 0) is 152 Å². The standard InChI is InChI=1S/C46H38N4/c1-2-12-35(13-3-1)49-43-18-6-4-14-37(43)39-29-31(20-22-45(39)49)32-21-23-46-40(30-32)38-15-5-7-19-44(38)50(46)36-27-33(41-16-8-10-24-47-41)26-34(28-36)42-17-9-11-25-48-42/h1-3,8-13,16-17,20-30H,4-7,14-15,18-19H2. The smallest absolute Gasteiger partial charge is 0.0702 e. The van der Waals surface area contributed by atoms with Gasteiger partial charge in [-0.3, -0.25) is 9.97 Å². The summed E-state index contributed by atoms with van der Waals surface area (Å²) in [6, 6.07) is 44.4. The van der Waals surface area contributed by atoms with Gasteiger partial charge in [0.25, 0.3) is 0 Å². The Hall–Kier alpha value is -5.74. The van der Waals surface area contributed by atoms with Crippen LogP contribution in [0.1, 0.15) is 48.2 Å². The predicted octanol–water partition coefficient (Wildman–Crippen LogP) is 11.1. The van der Waals surface area contributed by atoms with E-state index in [4.69, 9.17) is 9.97 Å². The lowest BCUT2D eigenvalue weighted by Gasteiger charge is -2.18. The van der Waals surface area contributed by atoms with Crippen molar-refractivity contribution < 1.29 is 0 Å². The monoisotopic (exact) mass is 646 g/mol. The maximum Gasteiger partial charge on any atom is 0.0702 e. The van der Waals surface area contributed by atoms with Gasteiger partial charge < -0.3 is 9.13 Å². The highest BCUT2D eigenvalue weighted by Crippen LogP contribution is 2.41. The van der Waals surface area contributed by atoms with Crippen molar-refractivity contribution in [2.45, 2.75) is 51.4 Å². The lowest BCUT2D eigenvalue weighted by molar-refractivity contribution is 0.667. The third-order valence-corrected chi connectivity index (χ3v) is 11.0. The maximum atomic E-state index is 4.74. The molecule has 0 saturated carbocycles. The average Bonchev–Trinajstić information content (AvgIpc) is 3.71. The Morgan fingerprint density at radius 1 is 0.400 bits per heavy atom. The van der Waals surface area contributed by atoms with Crippen molar-refractivity contribution in [2.24, 2.45) is 0 Å². The highest BCUT2D eigenvalue weighted by atomic mass is 15.0. The fourth-order valence-corrected chi connectivity index (χ4v) is 8.72. The molecular weight excluding hydrogens is 609 g/mol. The van der Waals surface area contributed by atoms with E-state index in [0.717, 1.165) is 48.2 Å². The largest absolute Gasteiger partial charge is 0.313 e. The number of pyridine rings is 2. The van der Waals surface area contributed by atoms with Crippen molar-refractivity contribution in [1.29, 1.82) is 0 Å². The van der Waals surface area contributed by atoms with Gasteiger partial charge in [-0.1, -0.05) is 42.5 Å². The second kappa shape index (κ2) is 12.0. The van der Waals surface area contributed by atoms with Gasteiger partial charge in [0.05, 0.1) is 22.4 Å². The Morgan fingerprint density at radius 3 is 1.42 bits per heavy atom. The lowest BCUT2D eigenvalue weighted by atomic mass is 9.93. The second-order valence-corrected chi connectivity index (χ2v) is 13.9. The zero-order chi connectivity index (χ0) is 33.0. The van der Waals surface area contributed by atoms with E-state index in [9.17, 15) is 0 Å². The summed E-state index contributed by atoms with van der Waals surface area (Å²) in [6.07, 6.45) is 13.2. The van der Waals surface area contributed by atoms with Crippen molar-refractivity contribution in [1.82, 2.24) is 19.1 Å². The number of para-hydroxylation sites is 1. The molecular formula is C46H38N4. The number of aromatic nitrogens is 4. The number of benzene rings is 4. The minimum atomic E-state index is 0.970. The molecule has 2 aliphatic carbocycles. The molecule has 242 valence electrons. The Bertz CT molecular complexity index is 2470. The highest BCUT2D eigenvalue weighted by molar-refractivity contribution is 5.95. The van der Waals surface area contributed by atoms with Gasteiger partial charge in [0.2, 0.25) is 0 Å². The van der Waals surface area contributed by atoms with Gasteiger partial charge in [0, 0.05) is 57.1 Å². The number of rotatable bonds is 5. The van der Waals surface area contributed by atoms with Crippen molar-refractivity contribution in [2.75, 3.05) is 0 Å². The molecule has 0 spiro atoms. The Labute approximate surface area is 292 Å². The molecule has 4 heterocycles. The Balaban J connectivity index is 1.14. The quantitative estimate of drug-likeness (QED) is 0.187. The van der Waals surface area contributed by atoms with E-state index in [2.05, 4.69) is 118 Å². The summed E-state index contributed by atoms with van der Waals surface area (Å²) < 4.78 is 5.05. The second-order valence-electron chi connectivity index (χ2n) is 13.9. The number of hydrogen-bond acceptors (Lipinski definition) is 2. The summed E-state index contributed by atoms with van der Waals surface area (Å²) in [6.45, 7) is 0. The van der Waals surface area contributed by atoms with Crippen LogP contribution in [0.5, 0.6) is 0 Å². The Kier molecular flexibility index (Phi) is 7.00. The summed E-state index contributed by atoms with van der Waals surface area (Å²) in [7, 11) is 0. The van der Waals surface area contributed by atoms with E-state index in [1.807, 2.05) is 24.5 Å². The molecule has 0 bridgehead atoms. The highest BCUT2D eigenvalue weighted by Gasteiger charge is 2.24. The zero-order valence-corrected chi connectivity index (χ0v) is 28.1. The minimum absolute atomic E-state index is 0.970. The van der Waals surface area contributed by atoms with E-state index in [-0.39, 0.29) is 0 Å². The average molecular weight is 647 g/mol. The fourth-order valence-electron chi connectivity index (χ4n) is 8.72. The van der Waals surface area contributed by atoms with Crippen molar-refractivity contribution in [3.05, 3.63) is 156 Å². The summed E-state index contributed by atoms with van der Waals surface area (Å²) in [5.74, 6) is 0. The van der Waals surface area contributed by atoms with Crippen molar-refractivity contribution in [3.8, 4) is 45.0 Å². The first kappa shape index (κ1) is 29.2. The summed E-state index contributed by atoms with van der Waals surface area (Å²) in [5.41, 5.74) is 17.8. The molecule has 0 fully saturated rings. The molecule has 0 aliphatic heterocycles. The van der Waals surface area contributed by atoms with Crippen LogP contribution in [0.25, 0.3) is 66.8 Å². The molecule has 10 rings (SSSR count). The summed E-state index contributed by atoms with van der Waals surface area (Å²) in [4.78, 5) is 9.47. The van der Waals surface area contributed by atoms with E-state index < -0.39 is 0 Å². The molecule has 8 aromatic rings. The summed E-state index contributed by atoms with van der Waals surface area (Å²) in [5, 5.41) is 2.79. The third kappa shape index (κ3) is 4.81. The predicted molar refractivity (Wildman–Crippen MR) is 205 cm³/mol. The first-order valence-electron chi connectivity index (χ1n) is 18.2. The molecule has 0 radical (unpaired) electrons. The number of aryl methyl sites for hydroxylation is 2. The van der Waals surface area contributed by atoms with E-state index in [0.29, 0.717) is 0 Å². The molecule has 50 heavy (non-hydrogen) atoms. The minimum Gasteiger partial charge on any atom is -0.313 e. The van der Waals surface area contributed by atoms with E-state index in [1.165, 1.54) is 92.5 Å². The van der Waals surface area contributed by atoms with E-state index in [1.54, 1.807) is 0 Å². The van der Waals surface area contributed by atoms with Crippen molar-refractivity contribution >= 4 is 21.8 Å². The summed E-state index contributed by atoms with van der Waals surface area (Å²) >= 11 is 0. The molecule has 0 saturated heterocycles. The van der Waals surface area contributed by atoms with Crippen LogP contribution < -0.4 is 0 Å². The topological polar surface area (TPSA) is 35.6 Å². The van der Waals surface area contributed by atoms with Crippen LogP contribution in [-0.2, 0) is 25.7 Å². The van der Waals surface area contributed by atoms with Gasteiger partial charge in [-0.2, -0.15) is 0 Å². The van der Waals surface area contributed by atoms with Crippen LogP contribution in [0.3, 0.4) is 0 Å². The van der Waals surface area contributed by atoms with Gasteiger partial charge in [-0.25, -0.2) is 0 Å². The Morgan fingerprint density at radius 2 is 0.900 bits per heavy atom. The number of hydrogen-bond donors (Lipinski definition) is 0. The van der Waals surface area contributed by atoms with Crippen LogP contribution in [0, 0.1) is 0 Å². The van der Waals surface area contributed by atoms with Gasteiger partial charge in [0.1, 0.15) is 0 Å². The normalized spacial score (nSPS) is 14.2. The number of nitrogens with zero attached hydrogens (tertiary/aromatic N) is 4. The molecule has 4 aromatic heterocycles. The molecule has 0 atom stereocenters. The first-order valence-corrected chi connectivity index (χ1v) is 18.2. The molecule has 2 aliphatic rings. The van der Waals surface area contributed by atoms with Crippen molar-refractivity contribution in [3.63, 3.8) is 0 Å². The lowest BCUT2D eigenvalue weighted by Crippen LogP contribution is -2.07. The third-order valence-electron chi connectivity index (χ3n) is 11.0. The van der Waals surface area contributed by atoms with Gasteiger partial charge in [-0.15, -0.1) is 0 Å². The molecule has 4 heteroatoms. The zero-order valence-electron chi connectivity index (χ0n) is 28.1. The van der Waals surface area contributed by atoms with Gasteiger partial charge in [0.15, 0.2) is 0 Å². The molecule has 0 amide bonds. The first-order chi connectivity index (χ1) is 24.8. The fraction of sp³-hybridized carbons (Fsp3) is 0.174. The van der Waals surface area contributed by atoms with Crippen LogP contribution in [-0.4, -0.2) is 19.1 Å². The van der Waals surface area contributed by atoms with E-state index >= 15 is 0 Å². The van der Waals surface area contributed by atoms with Crippen LogP contribution in [0.4, 0.5) is 0 Å². The molecule has 4 nitrogen and oxygen atoms in total. The van der Waals surface area contributed by atoms with Crippen LogP contribution in [0.2, 0.25) is 0 Å². The molecule has 0 N–H and O–H groups in total. The van der Waals surface area contributed by atoms with Crippen LogP contribution in [0.15, 0.2) is 134 Å². The number of fused-ring (bicyclic) bond motifs is 6. The molecule has 4 aromatic carbocycles. The van der Waals surface area contributed by atoms with Gasteiger partial charge >= 0.3 is 0 Å². The maximum absolute atomic E-state index is 4.74. The SMILES string of the molecule is c1ccc(-n2c3c(c4cc(-c5ccc6c(c5)c5c(n6-c6cc(-c7ccccn7)cc(-c7ccccn7)c6)CCCC5)ccc42)CCCC3)cc1. The molecule has 0 unspecified atom stereocenters. The van der Waals surface area contributed by atoms with Crippen LogP contribution >= 0.6 is 0 Å².